The Morgan fingerprint density at radius 3 is 2.62 bits per heavy atom. The third-order valence-corrected chi connectivity index (χ3v) is 10.3. The van der Waals surface area contributed by atoms with Crippen LogP contribution in [0.3, 0.4) is 0 Å². The highest BCUT2D eigenvalue weighted by atomic mass is 16.3. The normalized spacial score (nSPS) is 46.3. The molecule has 2 nitrogen and oxygen atoms in total. The zero-order chi connectivity index (χ0) is 20.9. The lowest BCUT2D eigenvalue weighted by Gasteiger charge is -2.58. The van der Waals surface area contributed by atoms with Crippen molar-refractivity contribution in [3.05, 3.63) is 11.6 Å². The van der Waals surface area contributed by atoms with Crippen LogP contribution in [0.1, 0.15) is 111 Å². The van der Waals surface area contributed by atoms with Crippen molar-refractivity contribution >= 4 is 0 Å². The van der Waals surface area contributed by atoms with E-state index >= 15 is 0 Å². The maximum atomic E-state index is 10.6. The molecule has 3 saturated carbocycles. The van der Waals surface area contributed by atoms with Gasteiger partial charge in [-0.1, -0.05) is 45.3 Å². The molecular formula is C27H46O2. The maximum absolute atomic E-state index is 10.6. The van der Waals surface area contributed by atoms with E-state index in [0.717, 1.165) is 55.8 Å². The van der Waals surface area contributed by atoms with Gasteiger partial charge in [-0.2, -0.15) is 0 Å². The largest absolute Gasteiger partial charge is 0.393 e. The van der Waals surface area contributed by atoms with E-state index in [1.807, 2.05) is 6.92 Å². The molecule has 4 aliphatic rings. The first-order chi connectivity index (χ1) is 13.7. The second kappa shape index (κ2) is 7.97. The molecule has 8 atom stereocenters. The van der Waals surface area contributed by atoms with E-state index in [1.54, 1.807) is 5.57 Å². The summed E-state index contributed by atoms with van der Waals surface area (Å²) in [5.41, 5.74) is 2.01. The number of fused-ring (bicyclic) bond motifs is 5. The molecule has 0 spiro atoms. The standard InChI is InChI=1S/C27H46O2/c1-5-14-25(2,29)15-6-7-19-9-11-23-22-10-8-20-18-21(28)12-16-27(20,4)24(22)13-17-26(19,23)3/h8,19,21-24,28-29H,5-7,9-18H2,1-4H3/t19-,21?,22?,23?,24?,25-,26?,27?/m0/s1. The highest BCUT2D eigenvalue weighted by molar-refractivity contribution is 5.25. The van der Waals surface area contributed by atoms with Crippen molar-refractivity contribution in [3.63, 3.8) is 0 Å². The van der Waals surface area contributed by atoms with Crippen LogP contribution in [0.2, 0.25) is 0 Å². The summed E-state index contributed by atoms with van der Waals surface area (Å²) in [4.78, 5) is 0. The zero-order valence-electron chi connectivity index (χ0n) is 19.6. The molecule has 0 bridgehead atoms. The van der Waals surface area contributed by atoms with Crippen LogP contribution in [0, 0.1) is 34.5 Å². The van der Waals surface area contributed by atoms with Gasteiger partial charge in [0, 0.05) is 0 Å². The highest BCUT2D eigenvalue weighted by Crippen LogP contribution is 2.66. The van der Waals surface area contributed by atoms with Crippen LogP contribution in [-0.4, -0.2) is 21.9 Å². The predicted molar refractivity (Wildman–Crippen MR) is 121 cm³/mol. The molecule has 2 N–H and O–H groups in total. The van der Waals surface area contributed by atoms with Gasteiger partial charge in [0.1, 0.15) is 0 Å². The van der Waals surface area contributed by atoms with E-state index in [0.29, 0.717) is 10.8 Å². The number of rotatable bonds is 6. The molecule has 6 unspecified atom stereocenters. The maximum Gasteiger partial charge on any atom is 0.0619 e. The zero-order valence-corrected chi connectivity index (χ0v) is 19.6. The predicted octanol–water partition coefficient (Wildman–Crippen LogP) is 6.65. The van der Waals surface area contributed by atoms with Crippen molar-refractivity contribution in [2.75, 3.05) is 0 Å². The van der Waals surface area contributed by atoms with Crippen molar-refractivity contribution in [3.8, 4) is 0 Å². The average Bonchev–Trinajstić information content (AvgIpc) is 2.99. The van der Waals surface area contributed by atoms with Crippen LogP contribution in [0.15, 0.2) is 11.6 Å². The smallest absolute Gasteiger partial charge is 0.0619 e. The number of allylic oxidation sites excluding steroid dienone is 1. The van der Waals surface area contributed by atoms with E-state index in [4.69, 9.17) is 0 Å². The Morgan fingerprint density at radius 2 is 1.86 bits per heavy atom. The molecule has 0 aliphatic heterocycles. The number of hydrogen-bond donors (Lipinski definition) is 2. The molecule has 0 aromatic carbocycles. The highest BCUT2D eigenvalue weighted by Gasteiger charge is 2.58. The van der Waals surface area contributed by atoms with Gasteiger partial charge in [0.15, 0.2) is 0 Å². The fourth-order valence-corrected chi connectivity index (χ4v) is 8.62. The fourth-order valence-electron chi connectivity index (χ4n) is 8.62. The Hall–Kier alpha value is -0.340. The molecule has 166 valence electrons. The molecule has 0 heterocycles. The molecule has 0 aromatic heterocycles. The Labute approximate surface area is 179 Å². The van der Waals surface area contributed by atoms with Crippen LogP contribution in [0.5, 0.6) is 0 Å². The summed E-state index contributed by atoms with van der Waals surface area (Å²) in [5.74, 6) is 3.46. The second-order valence-electron chi connectivity index (χ2n) is 12.1. The monoisotopic (exact) mass is 402 g/mol. The van der Waals surface area contributed by atoms with Crippen LogP contribution in [-0.2, 0) is 0 Å². The van der Waals surface area contributed by atoms with Crippen molar-refractivity contribution in [1.29, 1.82) is 0 Å². The van der Waals surface area contributed by atoms with E-state index in [9.17, 15) is 10.2 Å². The molecule has 2 heteroatoms. The van der Waals surface area contributed by atoms with Crippen molar-refractivity contribution < 1.29 is 10.2 Å². The molecule has 0 radical (unpaired) electrons. The summed E-state index contributed by atoms with van der Waals surface area (Å²) in [6.45, 7) is 9.37. The first kappa shape index (κ1) is 21.9. The third kappa shape index (κ3) is 3.86. The molecule has 29 heavy (non-hydrogen) atoms. The summed E-state index contributed by atoms with van der Waals surface area (Å²) < 4.78 is 0. The first-order valence-corrected chi connectivity index (χ1v) is 12.8. The number of aliphatic hydroxyl groups excluding tert-OH is 1. The summed E-state index contributed by atoms with van der Waals surface area (Å²) >= 11 is 0. The van der Waals surface area contributed by atoms with Gasteiger partial charge in [-0.25, -0.2) is 0 Å². The van der Waals surface area contributed by atoms with Crippen molar-refractivity contribution in [2.24, 2.45) is 34.5 Å². The van der Waals surface area contributed by atoms with Gasteiger partial charge in [0.05, 0.1) is 11.7 Å². The minimum atomic E-state index is -0.462. The summed E-state index contributed by atoms with van der Waals surface area (Å²) in [6.07, 6.45) is 18.0. The Bertz CT molecular complexity index is 622. The molecule has 0 saturated heterocycles. The molecule has 0 amide bonds. The summed E-state index contributed by atoms with van der Waals surface area (Å²) in [6, 6.07) is 0. The van der Waals surface area contributed by atoms with Gasteiger partial charge >= 0.3 is 0 Å². The van der Waals surface area contributed by atoms with Gasteiger partial charge in [-0.3, -0.25) is 0 Å². The Balaban J connectivity index is 1.43. The van der Waals surface area contributed by atoms with Crippen LogP contribution in [0.25, 0.3) is 0 Å². The van der Waals surface area contributed by atoms with E-state index in [2.05, 4.69) is 26.8 Å². The molecule has 0 aromatic rings. The number of hydrogen-bond acceptors (Lipinski definition) is 2. The Kier molecular flexibility index (Phi) is 6.01. The van der Waals surface area contributed by atoms with E-state index in [1.165, 1.54) is 51.4 Å². The second-order valence-corrected chi connectivity index (χ2v) is 12.1. The molecular weight excluding hydrogens is 356 g/mol. The van der Waals surface area contributed by atoms with Gasteiger partial charge in [-0.15, -0.1) is 0 Å². The van der Waals surface area contributed by atoms with Gasteiger partial charge in [0.25, 0.3) is 0 Å². The lowest BCUT2D eigenvalue weighted by atomic mass is 9.47. The van der Waals surface area contributed by atoms with Crippen molar-refractivity contribution in [1.82, 2.24) is 0 Å². The lowest BCUT2D eigenvalue weighted by molar-refractivity contribution is -0.0517. The van der Waals surface area contributed by atoms with Crippen LogP contribution >= 0.6 is 0 Å². The SMILES string of the molecule is CCC[C@](C)(O)CCC[C@H]1CCC2C3CC=C4CC(O)CCC4(C)C3CCC21C. The fraction of sp³-hybridized carbons (Fsp3) is 0.926. The van der Waals surface area contributed by atoms with Crippen LogP contribution < -0.4 is 0 Å². The molecule has 4 rings (SSSR count). The van der Waals surface area contributed by atoms with Gasteiger partial charge in [0.2, 0.25) is 0 Å². The van der Waals surface area contributed by atoms with Gasteiger partial charge < -0.3 is 10.2 Å². The van der Waals surface area contributed by atoms with E-state index < -0.39 is 5.60 Å². The average molecular weight is 403 g/mol. The molecule has 4 aliphatic carbocycles. The lowest BCUT2D eigenvalue weighted by Crippen LogP contribution is -2.50. The minimum absolute atomic E-state index is 0.0967. The quantitative estimate of drug-likeness (QED) is 0.488. The summed E-state index contributed by atoms with van der Waals surface area (Å²) in [7, 11) is 0. The number of aliphatic hydroxyl groups is 2. The van der Waals surface area contributed by atoms with Crippen molar-refractivity contribution in [2.45, 2.75) is 123 Å². The third-order valence-electron chi connectivity index (χ3n) is 10.3. The van der Waals surface area contributed by atoms with Crippen LogP contribution in [0.4, 0.5) is 0 Å². The minimum Gasteiger partial charge on any atom is -0.393 e. The summed E-state index contributed by atoms with van der Waals surface area (Å²) in [5, 5.41) is 20.8. The topological polar surface area (TPSA) is 40.5 Å². The Morgan fingerprint density at radius 1 is 1.07 bits per heavy atom. The first-order valence-electron chi connectivity index (χ1n) is 12.8. The van der Waals surface area contributed by atoms with E-state index in [-0.39, 0.29) is 6.10 Å². The van der Waals surface area contributed by atoms with Gasteiger partial charge in [-0.05, 0) is 112 Å². The molecule has 3 fully saturated rings.